The molecule has 202 valence electrons. The normalized spacial score (nSPS) is 11.3. The van der Waals surface area contributed by atoms with Crippen molar-refractivity contribution in [3.05, 3.63) is 23.8 Å². The van der Waals surface area contributed by atoms with Gasteiger partial charge in [-0.25, -0.2) is 4.79 Å². The predicted octanol–water partition coefficient (Wildman–Crippen LogP) is 8.63. The molecular formula is C29H50O6. The van der Waals surface area contributed by atoms with Crippen molar-refractivity contribution in [3.8, 4) is 11.5 Å². The fourth-order valence-electron chi connectivity index (χ4n) is 4.16. The molecule has 0 heterocycles. The molecule has 0 bridgehead atoms. The number of phenols is 1. The number of benzene rings is 1. The second-order valence-electron chi connectivity index (χ2n) is 9.44. The van der Waals surface area contributed by atoms with Gasteiger partial charge in [-0.1, -0.05) is 96.6 Å². The second kappa shape index (κ2) is 21.5. The van der Waals surface area contributed by atoms with Gasteiger partial charge in [0.05, 0.1) is 0 Å². The Labute approximate surface area is 213 Å². The minimum Gasteiger partial charge on any atom is -0.504 e. The van der Waals surface area contributed by atoms with Crippen LogP contribution in [-0.4, -0.2) is 35.9 Å². The van der Waals surface area contributed by atoms with Gasteiger partial charge in [-0.05, 0) is 50.2 Å². The Morgan fingerprint density at radius 3 is 1.89 bits per heavy atom. The molecule has 0 amide bonds. The van der Waals surface area contributed by atoms with E-state index in [1.165, 1.54) is 70.3 Å². The molecule has 1 rings (SSSR count). The molecule has 1 aromatic rings. The lowest BCUT2D eigenvalue weighted by molar-refractivity contribution is -0.148. The van der Waals surface area contributed by atoms with Gasteiger partial charge in [-0.2, -0.15) is 0 Å². The van der Waals surface area contributed by atoms with Crippen LogP contribution in [0.3, 0.4) is 0 Å². The van der Waals surface area contributed by atoms with Crippen molar-refractivity contribution < 1.29 is 29.2 Å². The lowest BCUT2D eigenvalue weighted by atomic mass is 10.0. The number of hydrogen-bond donors (Lipinski definition) is 2. The van der Waals surface area contributed by atoms with Gasteiger partial charge < -0.3 is 24.4 Å². The molecule has 0 saturated carbocycles. The summed E-state index contributed by atoms with van der Waals surface area (Å²) >= 11 is 0. The number of rotatable bonds is 23. The van der Waals surface area contributed by atoms with Gasteiger partial charge in [0, 0.05) is 13.2 Å². The lowest BCUT2D eigenvalue weighted by Gasteiger charge is -2.19. The number of carboxylic acid groups (broad SMARTS) is 1. The monoisotopic (exact) mass is 494 g/mol. The zero-order valence-electron chi connectivity index (χ0n) is 22.3. The highest BCUT2D eigenvalue weighted by atomic mass is 16.7. The molecule has 2 N–H and O–H groups in total. The van der Waals surface area contributed by atoms with Crippen LogP contribution in [-0.2, 0) is 15.9 Å². The standard InChI is InChI=1S/C29H50O6/c1-3-5-7-9-11-16-23-33-27(34-24-17-12-10-8-6-4-2)22-15-13-14-19-25-20-18-21-26(28(25)30)35-29(31)32/h18,20-21,27,30H,3-17,19,22-24H2,1-2H3,(H,31,32). The number of hydrogen-bond acceptors (Lipinski definition) is 5. The molecule has 0 spiro atoms. The maximum Gasteiger partial charge on any atom is 0.511 e. The van der Waals surface area contributed by atoms with Crippen LogP contribution in [0, 0.1) is 0 Å². The number of ether oxygens (including phenoxy) is 3. The average molecular weight is 495 g/mol. The molecule has 0 aromatic heterocycles. The highest BCUT2D eigenvalue weighted by Crippen LogP contribution is 2.31. The Morgan fingerprint density at radius 2 is 1.31 bits per heavy atom. The number of para-hydroxylation sites is 1. The molecule has 0 aliphatic carbocycles. The van der Waals surface area contributed by atoms with Gasteiger partial charge in [0.15, 0.2) is 17.8 Å². The minimum absolute atomic E-state index is 0.0127. The summed E-state index contributed by atoms with van der Waals surface area (Å²) in [5, 5.41) is 19.0. The van der Waals surface area contributed by atoms with Crippen molar-refractivity contribution in [2.75, 3.05) is 13.2 Å². The number of carbonyl (C=O) groups is 1. The first-order valence-electron chi connectivity index (χ1n) is 14.0. The fraction of sp³-hybridized carbons (Fsp3) is 0.759. The first-order valence-corrected chi connectivity index (χ1v) is 14.0. The van der Waals surface area contributed by atoms with E-state index >= 15 is 0 Å². The van der Waals surface area contributed by atoms with Crippen molar-refractivity contribution >= 4 is 6.16 Å². The van der Waals surface area contributed by atoms with E-state index in [4.69, 9.17) is 14.6 Å². The summed E-state index contributed by atoms with van der Waals surface area (Å²) in [4.78, 5) is 10.7. The average Bonchev–Trinajstić information content (AvgIpc) is 2.84. The second-order valence-corrected chi connectivity index (χ2v) is 9.44. The van der Waals surface area contributed by atoms with E-state index in [0.717, 1.165) is 51.7 Å². The van der Waals surface area contributed by atoms with E-state index in [1.54, 1.807) is 12.1 Å². The largest absolute Gasteiger partial charge is 0.511 e. The summed E-state index contributed by atoms with van der Waals surface area (Å²) in [5.41, 5.74) is 0.707. The van der Waals surface area contributed by atoms with Gasteiger partial charge in [0.25, 0.3) is 0 Å². The summed E-state index contributed by atoms with van der Waals surface area (Å²) in [7, 11) is 0. The Hall–Kier alpha value is -1.79. The fourth-order valence-corrected chi connectivity index (χ4v) is 4.16. The highest BCUT2D eigenvalue weighted by molar-refractivity contribution is 5.63. The molecule has 0 aliphatic heterocycles. The summed E-state index contributed by atoms with van der Waals surface area (Å²) in [6.07, 6.45) is 17.9. The van der Waals surface area contributed by atoms with Gasteiger partial charge in [-0.15, -0.1) is 0 Å². The molecule has 0 atom stereocenters. The third-order valence-corrected chi connectivity index (χ3v) is 6.27. The van der Waals surface area contributed by atoms with Gasteiger partial charge >= 0.3 is 6.16 Å². The van der Waals surface area contributed by atoms with Gasteiger partial charge in [0.1, 0.15) is 0 Å². The molecule has 6 heteroatoms. The van der Waals surface area contributed by atoms with Crippen LogP contribution in [0.5, 0.6) is 11.5 Å². The molecule has 1 aromatic carbocycles. The van der Waals surface area contributed by atoms with Crippen molar-refractivity contribution in [3.63, 3.8) is 0 Å². The first kappa shape index (κ1) is 31.2. The summed E-state index contributed by atoms with van der Waals surface area (Å²) in [6.45, 7) is 6.00. The topological polar surface area (TPSA) is 85.2 Å². The molecular weight excluding hydrogens is 444 g/mol. The number of aromatic hydroxyl groups is 1. The Balaban J connectivity index is 2.33. The van der Waals surface area contributed by atoms with Crippen LogP contribution < -0.4 is 4.74 Å². The highest BCUT2D eigenvalue weighted by Gasteiger charge is 2.12. The molecule has 0 radical (unpaired) electrons. The third-order valence-electron chi connectivity index (χ3n) is 6.27. The van der Waals surface area contributed by atoms with Crippen LogP contribution >= 0.6 is 0 Å². The maximum absolute atomic E-state index is 10.7. The minimum atomic E-state index is -1.43. The van der Waals surface area contributed by atoms with Crippen LogP contribution in [0.25, 0.3) is 0 Å². The van der Waals surface area contributed by atoms with Gasteiger partial charge in [0.2, 0.25) is 0 Å². The third kappa shape index (κ3) is 16.5. The van der Waals surface area contributed by atoms with E-state index in [1.807, 2.05) is 0 Å². The van der Waals surface area contributed by atoms with Crippen molar-refractivity contribution in [1.29, 1.82) is 0 Å². The van der Waals surface area contributed by atoms with E-state index < -0.39 is 6.16 Å². The van der Waals surface area contributed by atoms with Crippen molar-refractivity contribution in [2.24, 2.45) is 0 Å². The van der Waals surface area contributed by atoms with E-state index in [9.17, 15) is 9.90 Å². The molecule has 0 unspecified atom stereocenters. The molecule has 6 nitrogen and oxygen atoms in total. The summed E-state index contributed by atoms with van der Waals surface area (Å²) < 4.78 is 16.8. The molecule has 0 fully saturated rings. The van der Waals surface area contributed by atoms with Crippen LogP contribution in [0.2, 0.25) is 0 Å². The number of unbranched alkanes of at least 4 members (excludes halogenated alkanes) is 12. The van der Waals surface area contributed by atoms with Crippen LogP contribution in [0.1, 0.15) is 122 Å². The van der Waals surface area contributed by atoms with Crippen LogP contribution in [0.15, 0.2) is 18.2 Å². The van der Waals surface area contributed by atoms with E-state index in [2.05, 4.69) is 18.6 Å². The quantitative estimate of drug-likeness (QED) is 0.0685. The zero-order chi connectivity index (χ0) is 25.6. The molecule has 0 aliphatic rings. The maximum atomic E-state index is 10.7. The molecule has 35 heavy (non-hydrogen) atoms. The molecule has 0 saturated heterocycles. The lowest BCUT2D eigenvalue weighted by Crippen LogP contribution is -2.19. The number of aryl methyl sites for hydroxylation is 1. The van der Waals surface area contributed by atoms with Crippen molar-refractivity contribution in [1.82, 2.24) is 0 Å². The smallest absolute Gasteiger partial charge is 0.504 e. The first-order chi connectivity index (χ1) is 17.1. The van der Waals surface area contributed by atoms with Crippen LogP contribution in [0.4, 0.5) is 4.79 Å². The summed E-state index contributed by atoms with van der Waals surface area (Å²) in [5.74, 6) is -0.0985. The van der Waals surface area contributed by atoms with E-state index in [0.29, 0.717) is 12.0 Å². The predicted molar refractivity (Wildman–Crippen MR) is 141 cm³/mol. The SMILES string of the molecule is CCCCCCCCOC(CCCCCc1cccc(OC(=O)O)c1O)OCCCCCCCC. The van der Waals surface area contributed by atoms with Gasteiger partial charge in [-0.3, -0.25) is 0 Å². The Morgan fingerprint density at radius 1 is 0.771 bits per heavy atom. The Kier molecular flexibility index (Phi) is 19.2. The van der Waals surface area contributed by atoms with E-state index in [-0.39, 0.29) is 17.8 Å². The number of phenolic OH excluding ortho intramolecular Hbond substituents is 1. The zero-order valence-corrected chi connectivity index (χ0v) is 22.3. The Bertz CT molecular complexity index is 630. The van der Waals surface area contributed by atoms with Crippen molar-refractivity contribution in [2.45, 2.75) is 129 Å². The summed E-state index contributed by atoms with van der Waals surface area (Å²) in [6, 6.07) is 4.97.